The van der Waals surface area contributed by atoms with Gasteiger partial charge in [0.15, 0.2) is 11.5 Å². The fourth-order valence-electron chi connectivity index (χ4n) is 2.93. The average Bonchev–Trinajstić information content (AvgIpc) is 3.24. The molecule has 27 heavy (non-hydrogen) atoms. The van der Waals surface area contributed by atoms with E-state index in [1.807, 2.05) is 37.4 Å². The molecule has 2 heterocycles. The van der Waals surface area contributed by atoms with Crippen molar-refractivity contribution in [1.29, 1.82) is 0 Å². The lowest BCUT2D eigenvalue weighted by molar-refractivity contribution is -0.122. The maximum atomic E-state index is 12.1. The summed E-state index contributed by atoms with van der Waals surface area (Å²) in [7, 11) is 0. The van der Waals surface area contributed by atoms with Crippen LogP contribution < -0.4 is 20.1 Å². The number of amides is 2. The smallest absolute Gasteiger partial charge is 0.261 e. The van der Waals surface area contributed by atoms with E-state index in [1.165, 1.54) is 11.3 Å². The molecule has 0 spiro atoms. The van der Waals surface area contributed by atoms with Crippen LogP contribution in [0.15, 0.2) is 35.7 Å². The first-order valence-corrected chi connectivity index (χ1v) is 9.79. The molecule has 2 aromatic rings. The van der Waals surface area contributed by atoms with Gasteiger partial charge >= 0.3 is 0 Å². The number of ether oxygens (including phenoxy) is 2. The first-order chi connectivity index (χ1) is 12.9. The average molecular weight is 388 g/mol. The summed E-state index contributed by atoms with van der Waals surface area (Å²) in [4.78, 5) is 24.7. The molecule has 1 atom stereocenters. The van der Waals surface area contributed by atoms with E-state index >= 15 is 0 Å². The van der Waals surface area contributed by atoms with Gasteiger partial charge in [0, 0.05) is 12.0 Å². The van der Waals surface area contributed by atoms with E-state index < -0.39 is 6.04 Å². The lowest BCUT2D eigenvalue weighted by Gasteiger charge is -2.18. The molecule has 0 saturated carbocycles. The van der Waals surface area contributed by atoms with Crippen LogP contribution >= 0.6 is 11.3 Å². The standard InChI is InChI=1S/C20H24N2O4S/c1-13(22-19(24)16-8-5-11-27-16)18(23)21-9-10-25-15-7-4-6-14-12-20(2,3)26-17(14)15/h4-8,11,13H,9-10,12H2,1-3H3,(H,21,23)(H,22,24)/t13-/m1/s1. The third kappa shape index (κ3) is 4.80. The third-order valence-electron chi connectivity index (χ3n) is 4.20. The molecule has 0 unspecified atom stereocenters. The maximum absolute atomic E-state index is 12.1. The molecule has 144 valence electrons. The zero-order valence-corrected chi connectivity index (χ0v) is 16.5. The number of hydrogen-bond donors (Lipinski definition) is 2. The molecule has 7 heteroatoms. The number of carbonyl (C=O) groups is 2. The van der Waals surface area contributed by atoms with Crippen LogP contribution in [0.1, 0.15) is 36.0 Å². The first kappa shape index (κ1) is 19.2. The molecule has 0 radical (unpaired) electrons. The highest BCUT2D eigenvalue weighted by atomic mass is 32.1. The zero-order valence-electron chi connectivity index (χ0n) is 15.7. The van der Waals surface area contributed by atoms with Gasteiger partial charge in [0.25, 0.3) is 5.91 Å². The Morgan fingerprint density at radius 2 is 2.11 bits per heavy atom. The second-order valence-corrected chi connectivity index (χ2v) is 8.04. The lowest BCUT2D eigenvalue weighted by Crippen LogP contribution is -2.45. The van der Waals surface area contributed by atoms with Crippen LogP contribution in [0.5, 0.6) is 11.5 Å². The van der Waals surface area contributed by atoms with Crippen molar-refractivity contribution in [2.75, 3.05) is 13.2 Å². The summed E-state index contributed by atoms with van der Waals surface area (Å²) in [5, 5.41) is 7.28. The molecule has 1 aliphatic rings. The van der Waals surface area contributed by atoms with E-state index in [4.69, 9.17) is 9.47 Å². The van der Waals surface area contributed by atoms with Gasteiger partial charge in [-0.05, 0) is 38.3 Å². The molecule has 0 fully saturated rings. The largest absolute Gasteiger partial charge is 0.488 e. The maximum Gasteiger partial charge on any atom is 0.261 e. The number of nitrogens with one attached hydrogen (secondary N) is 2. The van der Waals surface area contributed by atoms with E-state index in [0.29, 0.717) is 23.8 Å². The zero-order chi connectivity index (χ0) is 19.4. The van der Waals surface area contributed by atoms with Crippen LogP contribution in [-0.2, 0) is 11.2 Å². The van der Waals surface area contributed by atoms with Gasteiger partial charge in [-0.1, -0.05) is 18.2 Å². The van der Waals surface area contributed by atoms with Crippen molar-refractivity contribution in [3.05, 3.63) is 46.2 Å². The minimum Gasteiger partial charge on any atom is -0.488 e. The summed E-state index contributed by atoms with van der Waals surface area (Å²) in [6, 6.07) is 8.75. The molecule has 0 aliphatic carbocycles. The Labute approximate surface area is 162 Å². The van der Waals surface area contributed by atoms with Gasteiger partial charge in [-0.25, -0.2) is 0 Å². The predicted octanol–water partition coefficient (Wildman–Crippen LogP) is 2.78. The number of para-hydroxylation sites is 1. The summed E-state index contributed by atoms with van der Waals surface area (Å²) >= 11 is 1.34. The minimum atomic E-state index is -0.621. The Balaban J connectivity index is 1.44. The number of fused-ring (bicyclic) bond motifs is 1. The van der Waals surface area contributed by atoms with E-state index in [0.717, 1.165) is 17.7 Å². The molecular weight excluding hydrogens is 364 g/mol. The summed E-state index contributed by atoms with van der Waals surface area (Å²) in [6.45, 7) is 6.40. The summed E-state index contributed by atoms with van der Waals surface area (Å²) < 4.78 is 11.7. The van der Waals surface area contributed by atoms with Gasteiger partial charge < -0.3 is 20.1 Å². The Hall–Kier alpha value is -2.54. The van der Waals surface area contributed by atoms with Crippen molar-refractivity contribution in [3.8, 4) is 11.5 Å². The number of benzene rings is 1. The molecule has 6 nitrogen and oxygen atoms in total. The van der Waals surface area contributed by atoms with Gasteiger partial charge in [0.05, 0.1) is 11.4 Å². The number of thiophene rings is 1. The molecule has 1 aromatic carbocycles. The van der Waals surface area contributed by atoms with Crippen molar-refractivity contribution < 1.29 is 19.1 Å². The third-order valence-corrected chi connectivity index (χ3v) is 5.07. The van der Waals surface area contributed by atoms with Crippen LogP contribution in [0.2, 0.25) is 0 Å². The highest BCUT2D eigenvalue weighted by Crippen LogP contribution is 2.41. The van der Waals surface area contributed by atoms with Crippen LogP contribution in [0.4, 0.5) is 0 Å². The minimum absolute atomic E-state index is 0.230. The quantitative estimate of drug-likeness (QED) is 0.715. The normalized spacial score (nSPS) is 15.4. The SMILES string of the molecule is C[C@@H](NC(=O)c1cccs1)C(=O)NCCOc1cccc2c1OC(C)(C)C2. The van der Waals surface area contributed by atoms with Crippen LogP contribution in [0, 0.1) is 0 Å². The summed E-state index contributed by atoms with van der Waals surface area (Å²) in [5.74, 6) is 0.972. The van der Waals surface area contributed by atoms with Gasteiger partial charge in [-0.15, -0.1) is 11.3 Å². The van der Waals surface area contributed by atoms with Crippen LogP contribution in [0.25, 0.3) is 0 Å². The predicted molar refractivity (Wildman–Crippen MR) is 105 cm³/mol. The Kier molecular flexibility index (Phi) is 5.70. The van der Waals surface area contributed by atoms with Gasteiger partial charge in [-0.2, -0.15) is 0 Å². The van der Waals surface area contributed by atoms with Crippen molar-refractivity contribution in [2.45, 2.75) is 38.8 Å². The summed E-state index contributed by atoms with van der Waals surface area (Å²) in [5.41, 5.74) is 0.901. The van der Waals surface area contributed by atoms with E-state index in [9.17, 15) is 9.59 Å². The fourth-order valence-corrected chi connectivity index (χ4v) is 3.56. The highest BCUT2D eigenvalue weighted by molar-refractivity contribution is 7.12. The Bertz CT molecular complexity index is 817. The van der Waals surface area contributed by atoms with Crippen molar-refractivity contribution in [2.24, 2.45) is 0 Å². The molecule has 2 amide bonds. The Morgan fingerprint density at radius 1 is 1.30 bits per heavy atom. The van der Waals surface area contributed by atoms with Crippen molar-refractivity contribution in [1.82, 2.24) is 10.6 Å². The molecule has 0 bridgehead atoms. The van der Waals surface area contributed by atoms with Crippen LogP contribution in [-0.4, -0.2) is 36.6 Å². The van der Waals surface area contributed by atoms with E-state index in [2.05, 4.69) is 10.6 Å². The van der Waals surface area contributed by atoms with Gasteiger partial charge in [0.2, 0.25) is 5.91 Å². The second-order valence-electron chi connectivity index (χ2n) is 7.09. The first-order valence-electron chi connectivity index (χ1n) is 8.91. The monoisotopic (exact) mass is 388 g/mol. The summed E-state index contributed by atoms with van der Waals surface area (Å²) in [6.07, 6.45) is 0.845. The second kappa shape index (κ2) is 8.00. The molecule has 3 rings (SSSR count). The van der Waals surface area contributed by atoms with E-state index in [1.54, 1.807) is 19.1 Å². The van der Waals surface area contributed by atoms with Crippen molar-refractivity contribution >= 4 is 23.2 Å². The molecule has 2 N–H and O–H groups in total. The topological polar surface area (TPSA) is 76.7 Å². The number of hydrogen-bond acceptors (Lipinski definition) is 5. The van der Waals surface area contributed by atoms with Crippen LogP contribution in [0.3, 0.4) is 0 Å². The van der Waals surface area contributed by atoms with Gasteiger partial charge in [0.1, 0.15) is 18.2 Å². The number of rotatable bonds is 7. The molecule has 1 aliphatic heterocycles. The van der Waals surface area contributed by atoms with E-state index in [-0.39, 0.29) is 17.4 Å². The molecule has 1 aromatic heterocycles. The molecule has 0 saturated heterocycles. The highest BCUT2D eigenvalue weighted by Gasteiger charge is 2.32. The molecular formula is C20H24N2O4S. The Morgan fingerprint density at radius 3 is 2.85 bits per heavy atom. The van der Waals surface area contributed by atoms with Crippen molar-refractivity contribution in [3.63, 3.8) is 0 Å². The fraction of sp³-hybridized carbons (Fsp3) is 0.400. The number of carbonyl (C=O) groups excluding carboxylic acids is 2. The van der Waals surface area contributed by atoms with Gasteiger partial charge in [-0.3, -0.25) is 9.59 Å². The lowest BCUT2D eigenvalue weighted by atomic mass is 10.0.